The number of ketones is 1. The van der Waals surface area contributed by atoms with Crippen molar-refractivity contribution in [3.8, 4) is 0 Å². The minimum atomic E-state index is 0.0839. The minimum Gasteiger partial charge on any atom is -0.298 e. The second-order valence-electron chi connectivity index (χ2n) is 6.70. The van der Waals surface area contributed by atoms with Gasteiger partial charge in [-0.2, -0.15) is 0 Å². The molecular formula is C19H37BrO. The van der Waals surface area contributed by atoms with E-state index in [9.17, 15) is 4.79 Å². The molecule has 0 aromatic rings. The molecule has 21 heavy (non-hydrogen) atoms. The Morgan fingerprint density at radius 2 is 1.14 bits per heavy atom. The van der Waals surface area contributed by atoms with Crippen LogP contribution >= 0.6 is 15.9 Å². The molecule has 0 N–H and O–H groups in total. The van der Waals surface area contributed by atoms with Gasteiger partial charge in [0.2, 0.25) is 0 Å². The van der Waals surface area contributed by atoms with Gasteiger partial charge >= 0.3 is 0 Å². The van der Waals surface area contributed by atoms with Crippen LogP contribution in [0.2, 0.25) is 0 Å². The van der Waals surface area contributed by atoms with Crippen molar-refractivity contribution in [3.63, 3.8) is 0 Å². The van der Waals surface area contributed by atoms with Crippen molar-refractivity contribution in [2.75, 3.05) is 0 Å². The molecule has 2 heteroatoms. The average Bonchev–Trinajstić information content (AvgIpc) is 2.47. The number of unbranched alkanes of at least 4 members (excludes halogenated alkanes) is 11. The van der Waals surface area contributed by atoms with Gasteiger partial charge in [-0.1, -0.05) is 114 Å². The summed E-state index contributed by atoms with van der Waals surface area (Å²) in [4.78, 5) is 11.8. The number of hydrogen-bond donors (Lipinski definition) is 0. The molecule has 1 unspecified atom stereocenters. The summed E-state index contributed by atoms with van der Waals surface area (Å²) < 4.78 is 0. The lowest BCUT2D eigenvalue weighted by Gasteiger charge is -2.11. The molecule has 1 nitrogen and oxygen atoms in total. The number of carbonyl (C=O) groups is 1. The molecule has 0 saturated heterocycles. The number of carbonyl (C=O) groups excluding carboxylic acids is 1. The van der Waals surface area contributed by atoms with E-state index in [0.29, 0.717) is 5.78 Å². The molecule has 0 rings (SSSR count). The maximum Gasteiger partial charge on any atom is 0.148 e. The third-order valence-electron chi connectivity index (χ3n) is 4.19. The van der Waals surface area contributed by atoms with Gasteiger partial charge < -0.3 is 0 Å². The van der Waals surface area contributed by atoms with Crippen LogP contribution in [0, 0.1) is 5.92 Å². The number of rotatable bonds is 15. The van der Waals surface area contributed by atoms with Gasteiger partial charge in [-0.15, -0.1) is 0 Å². The summed E-state index contributed by atoms with van der Waals surface area (Å²) in [6.07, 6.45) is 17.5. The van der Waals surface area contributed by atoms with Gasteiger partial charge in [0.25, 0.3) is 0 Å². The van der Waals surface area contributed by atoms with E-state index in [0.717, 1.165) is 6.42 Å². The van der Waals surface area contributed by atoms with E-state index in [1.807, 2.05) is 13.8 Å². The smallest absolute Gasteiger partial charge is 0.148 e. The Morgan fingerprint density at radius 3 is 1.52 bits per heavy atom. The fourth-order valence-electron chi connectivity index (χ4n) is 2.67. The molecule has 0 aromatic carbocycles. The Morgan fingerprint density at radius 1 is 0.762 bits per heavy atom. The normalized spacial score (nSPS) is 12.8. The third-order valence-corrected chi connectivity index (χ3v) is 5.10. The highest BCUT2D eigenvalue weighted by Crippen LogP contribution is 2.17. The molecule has 0 aliphatic carbocycles. The summed E-state index contributed by atoms with van der Waals surface area (Å²) in [7, 11) is 0. The van der Waals surface area contributed by atoms with Gasteiger partial charge in [-0.25, -0.2) is 0 Å². The monoisotopic (exact) mass is 360 g/mol. The van der Waals surface area contributed by atoms with Crippen LogP contribution in [0.3, 0.4) is 0 Å². The second-order valence-corrected chi connectivity index (χ2v) is 7.81. The summed E-state index contributed by atoms with van der Waals surface area (Å²) >= 11 is 3.52. The van der Waals surface area contributed by atoms with Gasteiger partial charge in [-0.05, 0) is 6.42 Å². The Hall–Kier alpha value is 0.150. The van der Waals surface area contributed by atoms with Crippen molar-refractivity contribution in [2.24, 2.45) is 5.92 Å². The first-order chi connectivity index (χ1) is 10.1. The number of alkyl halides is 1. The van der Waals surface area contributed by atoms with Crippen molar-refractivity contribution < 1.29 is 4.79 Å². The zero-order valence-corrected chi connectivity index (χ0v) is 16.2. The number of hydrogen-bond acceptors (Lipinski definition) is 1. The van der Waals surface area contributed by atoms with Gasteiger partial charge in [0, 0.05) is 5.92 Å². The zero-order chi connectivity index (χ0) is 15.9. The quantitative estimate of drug-likeness (QED) is 0.225. The molecule has 0 spiro atoms. The Labute approximate surface area is 141 Å². The van der Waals surface area contributed by atoms with Crippen molar-refractivity contribution in [3.05, 3.63) is 0 Å². The Bertz CT molecular complexity index is 238. The first kappa shape index (κ1) is 21.1. The fourth-order valence-corrected chi connectivity index (χ4v) is 3.52. The molecule has 0 amide bonds. The Balaban J connectivity index is 3.21. The highest BCUT2D eigenvalue weighted by molar-refractivity contribution is 9.10. The molecule has 1 atom stereocenters. The molecule has 0 aromatic heterocycles. The van der Waals surface area contributed by atoms with E-state index < -0.39 is 0 Å². The van der Waals surface area contributed by atoms with Crippen LogP contribution in [0.25, 0.3) is 0 Å². The van der Waals surface area contributed by atoms with E-state index in [2.05, 4.69) is 22.9 Å². The van der Waals surface area contributed by atoms with Crippen molar-refractivity contribution >= 4 is 21.7 Å². The largest absolute Gasteiger partial charge is 0.298 e. The molecule has 0 bridgehead atoms. The zero-order valence-electron chi connectivity index (χ0n) is 14.6. The first-order valence-electron chi connectivity index (χ1n) is 9.27. The van der Waals surface area contributed by atoms with Crippen LogP contribution in [0.15, 0.2) is 0 Å². The van der Waals surface area contributed by atoms with Crippen LogP contribution in [0.1, 0.15) is 104 Å². The van der Waals surface area contributed by atoms with Gasteiger partial charge in [0.05, 0.1) is 4.83 Å². The van der Waals surface area contributed by atoms with Crippen molar-refractivity contribution in [1.82, 2.24) is 0 Å². The van der Waals surface area contributed by atoms with Crippen LogP contribution in [0.4, 0.5) is 0 Å². The third kappa shape index (κ3) is 13.5. The van der Waals surface area contributed by atoms with Crippen molar-refractivity contribution in [2.45, 2.75) is 109 Å². The molecule has 126 valence electrons. The maximum atomic E-state index is 11.7. The lowest BCUT2D eigenvalue weighted by Crippen LogP contribution is -2.19. The van der Waals surface area contributed by atoms with Crippen LogP contribution in [-0.2, 0) is 4.79 Å². The average molecular weight is 361 g/mol. The lowest BCUT2D eigenvalue weighted by molar-refractivity contribution is -0.121. The van der Waals surface area contributed by atoms with E-state index in [-0.39, 0.29) is 10.7 Å². The maximum absolute atomic E-state index is 11.7. The second kappa shape index (κ2) is 15.1. The molecular weight excluding hydrogens is 324 g/mol. The molecule has 0 aliphatic rings. The van der Waals surface area contributed by atoms with Gasteiger partial charge in [0.1, 0.15) is 5.78 Å². The molecule has 0 fully saturated rings. The Kier molecular flexibility index (Phi) is 15.2. The molecule has 0 saturated carbocycles. The summed E-state index contributed by atoms with van der Waals surface area (Å²) in [5, 5.41) is 0. The topological polar surface area (TPSA) is 17.1 Å². The van der Waals surface area contributed by atoms with E-state index >= 15 is 0 Å². The van der Waals surface area contributed by atoms with E-state index in [4.69, 9.17) is 0 Å². The standard InChI is InChI=1S/C19H37BrO/c1-4-5-6-7-8-9-10-11-12-13-14-15-16-18(20)19(21)17(2)3/h17-18H,4-16H2,1-3H3. The van der Waals surface area contributed by atoms with Crippen LogP contribution in [-0.4, -0.2) is 10.6 Å². The SMILES string of the molecule is CCCCCCCCCCCCCCC(Br)C(=O)C(C)C. The van der Waals surface area contributed by atoms with Crippen LogP contribution < -0.4 is 0 Å². The number of Topliss-reactive ketones (excluding diaryl/α,β-unsaturated/α-hetero) is 1. The summed E-state index contributed by atoms with van der Waals surface area (Å²) in [5.41, 5.74) is 0. The van der Waals surface area contributed by atoms with Crippen molar-refractivity contribution in [1.29, 1.82) is 0 Å². The molecule has 0 radical (unpaired) electrons. The highest BCUT2D eigenvalue weighted by atomic mass is 79.9. The summed E-state index contributed by atoms with van der Waals surface area (Å²) in [6, 6.07) is 0. The van der Waals surface area contributed by atoms with Crippen LogP contribution in [0.5, 0.6) is 0 Å². The lowest BCUT2D eigenvalue weighted by atomic mass is 10.0. The van der Waals surface area contributed by atoms with Gasteiger partial charge in [0.15, 0.2) is 0 Å². The molecule has 0 aliphatic heterocycles. The number of halogens is 1. The van der Waals surface area contributed by atoms with E-state index in [1.54, 1.807) is 0 Å². The predicted molar refractivity (Wildman–Crippen MR) is 98.3 cm³/mol. The first-order valence-corrected chi connectivity index (χ1v) is 10.2. The molecule has 0 heterocycles. The summed E-state index contributed by atoms with van der Waals surface area (Å²) in [6.45, 7) is 6.24. The van der Waals surface area contributed by atoms with E-state index in [1.165, 1.54) is 77.0 Å². The van der Waals surface area contributed by atoms with Gasteiger partial charge in [-0.3, -0.25) is 4.79 Å². The fraction of sp³-hybridized carbons (Fsp3) is 0.947. The minimum absolute atomic E-state index is 0.0839. The highest BCUT2D eigenvalue weighted by Gasteiger charge is 2.17. The predicted octanol–water partition coefficient (Wildman–Crippen LogP) is 7.07. The summed E-state index contributed by atoms with van der Waals surface area (Å²) in [5.74, 6) is 0.518.